The number of hydrogen-bond donors (Lipinski definition) is 1. The number of phenols is 1. The maximum absolute atomic E-state index is 13.9. The van der Waals surface area contributed by atoms with Crippen LogP contribution < -0.4 is 0 Å². The number of phenolic OH excluding ortho intramolecular Hbond substituents is 1. The molecule has 0 bridgehead atoms. The second kappa shape index (κ2) is 4.53. The molecule has 4 heteroatoms. The molecule has 0 radical (unpaired) electrons. The third-order valence-corrected chi connectivity index (χ3v) is 3.66. The van der Waals surface area contributed by atoms with E-state index in [1.807, 2.05) is 19.1 Å². The van der Waals surface area contributed by atoms with Crippen molar-refractivity contribution >= 4 is 22.6 Å². The molecule has 0 aliphatic rings. The highest BCUT2D eigenvalue weighted by molar-refractivity contribution is 6.34. The molecule has 1 N–H and O–H groups in total. The second-order valence-electron chi connectivity index (χ2n) is 4.79. The van der Waals surface area contributed by atoms with Crippen LogP contribution >= 0.6 is 11.6 Å². The van der Waals surface area contributed by atoms with Crippen molar-refractivity contribution in [1.82, 2.24) is 0 Å². The van der Waals surface area contributed by atoms with Gasteiger partial charge in [-0.3, -0.25) is 0 Å². The lowest BCUT2D eigenvalue weighted by molar-refractivity contribution is 0.438. The monoisotopic (exact) mass is 290 g/mol. The van der Waals surface area contributed by atoms with Crippen molar-refractivity contribution in [3.8, 4) is 16.9 Å². The van der Waals surface area contributed by atoms with E-state index in [1.165, 1.54) is 6.07 Å². The van der Waals surface area contributed by atoms with E-state index in [-0.39, 0.29) is 0 Å². The van der Waals surface area contributed by atoms with Gasteiger partial charge in [-0.05, 0) is 37.6 Å². The van der Waals surface area contributed by atoms with Crippen LogP contribution in [-0.4, -0.2) is 5.11 Å². The van der Waals surface area contributed by atoms with Crippen molar-refractivity contribution in [1.29, 1.82) is 0 Å². The van der Waals surface area contributed by atoms with Crippen LogP contribution in [0.2, 0.25) is 5.02 Å². The summed E-state index contributed by atoms with van der Waals surface area (Å²) in [6.45, 7) is 3.65. The summed E-state index contributed by atoms with van der Waals surface area (Å²) in [4.78, 5) is 0. The zero-order valence-corrected chi connectivity index (χ0v) is 11.8. The number of fused-ring (bicyclic) bond motifs is 1. The summed E-state index contributed by atoms with van der Waals surface area (Å²) in [7, 11) is 0. The molecule has 0 amide bonds. The Bertz CT molecular complexity index is 801. The lowest BCUT2D eigenvalue weighted by Crippen LogP contribution is -1.88. The quantitative estimate of drug-likeness (QED) is 0.667. The maximum atomic E-state index is 13.9. The van der Waals surface area contributed by atoms with Crippen LogP contribution in [0.15, 0.2) is 34.7 Å². The van der Waals surface area contributed by atoms with Crippen LogP contribution in [0.1, 0.15) is 11.3 Å². The summed E-state index contributed by atoms with van der Waals surface area (Å²) in [6, 6.07) is 8.35. The fourth-order valence-electron chi connectivity index (χ4n) is 2.44. The van der Waals surface area contributed by atoms with Crippen LogP contribution in [0.3, 0.4) is 0 Å². The summed E-state index contributed by atoms with van der Waals surface area (Å²) in [5.41, 5.74) is 2.62. The molecule has 1 heterocycles. The van der Waals surface area contributed by atoms with Crippen LogP contribution in [-0.2, 0) is 0 Å². The molecule has 2 aromatic carbocycles. The molecule has 20 heavy (non-hydrogen) atoms. The topological polar surface area (TPSA) is 33.4 Å². The molecule has 0 aliphatic heterocycles. The maximum Gasteiger partial charge on any atom is 0.166 e. The van der Waals surface area contributed by atoms with Gasteiger partial charge in [0.1, 0.15) is 11.3 Å². The van der Waals surface area contributed by atoms with Crippen molar-refractivity contribution in [2.75, 3.05) is 0 Å². The number of aryl methyl sites for hydroxylation is 2. The molecular weight excluding hydrogens is 279 g/mol. The number of hydrogen-bond acceptors (Lipinski definition) is 2. The largest absolute Gasteiger partial charge is 0.504 e. The van der Waals surface area contributed by atoms with Gasteiger partial charge in [0.25, 0.3) is 0 Å². The molecule has 1 aromatic heterocycles. The Hall–Kier alpha value is -2.00. The number of furan rings is 1. The fourth-order valence-corrected chi connectivity index (χ4v) is 2.76. The summed E-state index contributed by atoms with van der Waals surface area (Å²) in [6.07, 6.45) is 0. The lowest BCUT2D eigenvalue weighted by atomic mass is 9.98. The summed E-state index contributed by atoms with van der Waals surface area (Å²) in [5, 5.41) is 10.7. The van der Waals surface area contributed by atoms with Gasteiger partial charge in [-0.1, -0.05) is 23.7 Å². The molecule has 0 aliphatic carbocycles. The van der Waals surface area contributed by atoms with Crippen LogP contribution in [0.5, 0.6) is 5.75 Å². The lowest BCUT2D eigenvalue weighted by Gasteiger charge is -2.10. The van der Waals surface area contributed by atoms with Gasteiger partial charge >= 0.3 is 0 Å². The Morgan fingerprint density at radius 2 is 1.95 bits per heavy atom. The van der Waals surface area contributed by atoms with E-state index in [9.17, 15) is 9.50 Å². The highest BCUT2D eigenvalue weighted by Crippen LogP contribution is 2.41. The molecule has 3 aromatic rings. The molecule has 0 spiro atoms. The zero-order valence-electron chi connectivity index (χ0n) is 11.0. The highest BCUT2D eigenvalue weighted by atomic mass is 35.5. The standard InChI is InChI=1S/C16H12ClFO2/c1-8-4-3-5-12(17)14(8)10-7-13(18)15(19)11-6-9(2)20-16(10)11/h3-7,19H,1-2H3. The molecule has 0 fully saturated rings. The Morgan fingerprint density at radius 1 is 1.20 bits per heavy atom. The number of halogens is 2. The molecule has 102 valence electrons. The molecule has 0 saturated carbocycles. The predicted molar refractivity (Wildman–Crippen MR) is 77.8 cm³/mol. The van der Waals surface area contributed by atoms with Gasteiger partial charge in [0.2, 0.25) is 0 Å². The third-order valence-electron chi connectivity index (χ3n) is 3.34. The molecule has 2 nitrogen and oxygen atoms in total. The Morgan fingerprint density at radius 3 is 2.65 bits per heavy atom. The highest BCUT2D eigenvalue weighted by Gasteiger charge is 2.19. The van der Waals surface area contributed by atoms with Gasteiger partial charge < -0.3 is 9.52 Å². The second-order valence-corrected chi connectivity index (χ2v) is 5.19. The van der Waals surface area contributed by atoms with Gasteiger partial charge in [0.15, 0.2) is 11.6 Å². The number of aromatic hydroxyl groups is 1. The number of rotatable bonds is 1. The normalized spacial score (nSPS) is 11.2. The average Bonchev–Trinajstić information content (AvgIpc) is 2.77. The van der Waals surface area contributed by atoms with Gasteiger partial charge in [0.05, 0.1) is 5.39 Å². The van der Waals surface area contributed by atoms with E-state index in [4.69, 9.17) is 16.0 Å². The fraction of sp³-hybridized carbons (Fsp3) is 0.125. The molecular formula is C16H12ClFO2. The molecule has 0 unspecified atom stereocenters. The Kier molecular flexibility index (Phi) is 2.94. The summed E-state index contributed by atoms with van der Waals surface area (Å²) < 4.78 is 19.5. The summed E-state index contributed by atoms with van der Waals surface area (Å²) in [5.74, 6) is -0.482. The summed E-state index contributed by atoms with van der Waals surface area (Å²) >= 11 is 6.24. The van der Waals surface area contributed by atoms with Gasteiger partial charge in [0, 0.05) is 16.1 Å². The van der Waals surface area contributed by atoms with Crippen LogP contribution in [0.25, 0.3) is 22.1 Å². The molecule has 3 rings (SSSR count). The van der Waals surface area contributed by atoms with Gasteiger partial charge in [-0.2, -0.15) is 0 Å². The smallest absolute Gasteiger partial charge is 0.166 e. The molecule has 0 saturated heterocycles. The van der Waals surface area contributed by atoms with Crippen molar-refractivity contribution in [2.24, 2.45) is 0 Å². The van der Waals surface area contributed by atoms with Crippen molar-refractivity contribution in [2.45, 2.75) is 13.8 Å². The first-order chi connectivity index (χ1) is 9.49. The minimum absolute atomic E-state index is 0.358. The van der Waals surface area contributed by atoms with Crippen LogP contribution in [0, 0.1) is 19.7 Å². The van der Waals surface area contributed by atoms with Crippen molar-refractivity contribution in [3.05, 3.63) is 52.5 Å². The van der Waals surface area contributed by atoms with E-state index in [1.54, 1.807) is 19.1 Å². The first-order valence-electron chi connectivity index (χ1n) is 6.16. The van der Waals surface area contributed by atoms with E-state index in [0.717, 1.165) is 5.56 Å². The average molecular weight is 291 g/mol. The third kappa shape index (κ3) is 1.86. The minimum Gasteiger partial charge on any atom is -0.504 e. The van der Waals surface area contributed by atoms with Gasteiger partial charge in [-0.15, -0.1) is 0 Å². The predicted octanol–water partition coefficient (Wildman–Crippen LogP) is 5.21. The first kappa shape index (κ1) is 13.0. The van der Waals surface area contributed by atoms with Gasteiger partial charge in [-0.25, -0.2) is 4.39 Å². The van der Waals surface area contributed by atoms with E-state index >= 15 is 0 Å². The van der Waals surface area contributed by atoms with Crippen LogP contribution in [0.4, 0.5) is 4.39 Å². The molecule has 0 atom stereocenters. The van der Waals surface area contributed by atoms with E-state index in [2.05, 4.69) is 0 Å². The Balaban J connectivity index is 2.45. The first-order valence-corrected chi connectivity index (χ1v) is 6.54. The Labute approximate surface area is 120 Å². The zero-order chi connectivity index (χ0) is 14.4. The van der Waals surface area contributed by atoms with E-state index < -0.39 is 11.6 Å². The SMILES string of the molecule is Cc1cc2c(O)c(F)cc(-c3c(C)cccc3Cl)c2o1. The minimum atomic E-state index is -0.687. The van der Waals surface area contributed by atoms with Crippen molar-refractivity contribution in [3.63, 3.8) is 0 Å². The van der Waals surface area contributed by atoms with E-state index in [0.29, 0.717) is 32.9 Å². The number of benzene rings is 2. The van der Waals surface area contributed by atoms with Crippen molar-refractivity contribution < 1.29 is 13.9 Å².